The standard InChI is InChI=1S/C16H14N4O3S/c21-16(19-14-10-17-18-11-14)12-5-4-6-13(9-12)20-24(22,23)15-7-2-1-3-8-15/h1-11,20H,(H,17,18)(H,19,21). The number of aromatic nitrogens is 2. The lowest BCUT2D eigenvalue weighted by molar-refractivity contribution is 0.102. The summed E-state index contributed by atoms with van der Waals surface area (Å²) in [5, 5.41) is 8.98. The van der Waals surface area contributed by atoms with Gasteiger partial charge in [0.05, 0.1) is 16.8 Å². The van der Waals surface area contributed by atoms with E-state index < -0.39 is 10.0 Å². The van der Waals surface area contributed by atoms with Gasteiger partial charge in [-0.2, -0.15) is 5.10 Å². The number of hydrogen-bond acceptors (Lipinski definition) is 4. The Morgan fingerprint density at radius 3 is 2.50 bits per heavy atom. The maximum Gasteiger partial charge on any atom is 0.261 e. The Labute approximate surface area is 138 Å². The van der Waals surface area contributed by atoms with Crippen LogP contribution in [0.3, 0.4) is 0 Å². The number of anilines is 2. The highest BCUT2D eigenvalue weighted by molar-refractivity contribution is 7.92. The van der Waals surface area contributed by atoms with Crippen molar-refractivity contribution in [3.8, 4) is 0 Å². The number of benzene rings is 2. The average Bonchev–Trinajstić information content (AvgIpc) is 3.08. The Hall–Kier alpha value is -3.13. The summed E-state index contributed by atoms with van der Waals surface area (Å²) in [4.78, 5) is 12.3. The lowest BCUT2D eigenvalue weighted by Crippen LogP contribution is -2.15. The molecule has 7 nitrogen and oxygen atoms in total. The molecule has 0 saturated carbocycles. The molecule has 1 amide bonds. The summed E-state index contributed by atoms with van der Waals surface area (Å²) < 4.78 is 27.1. The van der Waals surface area contributed by atoms with Gasteiger partial charge in [0, 0.05) is 17.4 Å². The van der Waals surface area contributed by atoms with Gasteiger partial charge in [0.25, 0.3) is 15.9 Å². The van der Waals surface area contributed by atoms with E-state index in [9.17, 15) is 13.2 Å². The van der Waals surface area contributed by atoms with Crippen molar-refractivity contribution in [3.63, 3.8) is 0 Å². The van der Waals surface area contributed by atoms with Crippen molar-refractivity contribution in [2.75, 3.05) is 10.0 Å². The summed E-state index contributed by atoms with van der Waals surface area (Å²) in [5.41, 5.74) is 1.15. The molecule has 0 aliphatic rings. The van der Waals surface area contributed by atoms with Gasteiger partial charge in [0.15, 0.2) is 0 Å². The molecule has 1 heterocycles. The van der Waals surface area contributed by atoms with Crippen LogP contribution in [0.15, 0.2) is 71.9 Å². The summed E-state index contributed by atoms with van der Waals surface area (Å²) in [5.74, 6) is -0.364. The molecule has 0 spiro atoms. The number of amides is 1. The van der Waals surface area contributed by atoms with Crippen LogP contribution in [-0.4, -0.2) is 24.5 Å². The molecule has 122 valence electrons. The van der Waals surface area contributed by atoms with E-state index >= 15 is 0 Å². The molecular formula is C16H14N4O3S. The van der Waals surface area contributed by atoms with Crippen LogP contribution in [0.2, 0.25) is 0 Å². The zero-order valence-corrected chi connectivity index (χ0v) is 13.2. The molecule has 8 heteroatoms. The van der Waals surface area contributed by atoms with Crippen LogP contribution in [-0.2, 0) is 10.0 Å². The molecule has 0 fully saturated rings. The second-order valence-electron chi connectivity index (χ2n) is 4.94. The first-order valence-corrected chi connectivity index (χ1v) is 8.51. The normalized spacial score (nSPS) is 11.0. The highest BCUT2D eigenvalue weighted by Crippen LogP contribution is 2.17. The van der Waals surface area contributed by atoms with Crippen molar-refractivity contribution in [1.82, 2.24) is 10.2 Å². The van der Waals surface area contributed by atoms with Crippen molar-refractivity contribution in [3.05, 3.63) is 72.6 Å². The monoisotopic (exact) mass is 342 g/mol. The molecular weight excluding hydrogens is 328 g/mol. The van der Waals surface area contributed by atoms with Crippen LogP contribution >= 0.6 is 0 Å². The van der Waals surface area contributed by atoms with Crippen LogP contribution in [0.5, 0.6) is 0 Å². The van der Waals surface area contributed by atoms with Gasteiger partial charge in [-0.25, -0.2) is 8.42 Å². The molecule has 0 aliphatic carbocycles. The SMILES string of the molecule is O=C(Nc1cn[nH]c1)c1cccc(NS(=O)(=O)c2ccccc2)c1. The van der Waals surface area contributed by atoms with Gasteiger partial charge in [-0.15, -0.1) is 0 Å². The van der Waals surface area contributed by atoms with Crippen molar-refractivity contribution in [2.24, 2.45) is 0 Å². The molecule has 0 bridgehead atoms. The van der Waals surface area contributed by atoms with Gasteiger partial charge >= 0.3 is 0 Å². The van der Waals surface area contributed by atoms with Gasteiger partial charge in [0.2, 0.25) is 0 Å². The second kappa shape index (κ2) is 6.55. The first-order valence-electron chi connectivity index (χ1n) is 7.03. The van der Waals surface area contributed by atoms with E-state index in [0.717, 1.165) is 0 Å². The van der Waals surface area contributed by atoms with E-state index in [0.29, 0.717) is 16.9 Å². The second-order valence-corrected chi connectivity index (χ2v) is 6.62. The molecule has 0 atom stereocenters. The van der Waals surface area contributed by atoms with Crippen molar-refractivity contribution < 1.29 is 13.2 Å². The Kier molecular flexibility index (Phi) is 4.30. The number of H-pyrrole nitrogens is 1. The Morgan fingerprint density at radius 2 is 1.79 bits per heavy atom. The average molecular weight is 342 g/mol. The number of nitrogens with one attached hydrogen (secondary N) is 3. The summed E-state index contributed by atoms with van der Waals surface area (Å²) in [6.45, 7) is 0. The van der Waals surface area contributed by atoms with Crippen LogP contribution < -0.4 is 10.0 Å². The van der Waals surface area contributed by atoms with Gasteiger partial charge in [-0.05, 0) is 30.3 Å². The lowest BCUT2D eigenvalue weighted by atomic mass is 10.2. The minimum Gasteiger partial charge on any atom is -0.319 e. The Bertz CT molecular complexity index is 938. The predicted octanol–water partition coefficient (Wildman–Crippen LogP) is 2.46. The van der Waals surface area contributed by atoms with E-state index in [2.05, 4.69) is 20.2 Å². The topological polar surface area (TPSA) is 104 Å². The van der Waals surface area contributed by atoms with Crippen LogP contribution in [0, 0.1) is 0 Å². The smallest absolute Gasteiger partial charge is 0.261 e. The summed E-state index contributed by atoms with van der Waals surface area (Å²) >= 11 is 0. The van der Waals surface area contributed by atoms with Gasteiger partial charge in [0.1, 0.15) is 0 Å². The van der Waals surface area contributed by atoms with Gasteiger partial charge in [-0.3, -0.25) is 14.6 Å². The largest absolute Gasteiger partial charge is 0.319 e. The maximum atomic E-state index is 12.3. The van der Waals surface area contributed by atoms with Crippen LogP contribution in [0.25, 0.3) is 0 Å². The van der Waals surface area contributed by atoms with Gasteiger partial charge < -0.3 is 5.32 Å². The molecule has 1 aromatic heterocycles. The minimum atomic E-state index is -3.70. The first-order chi connectivity index (χ1) is 11.5. The molecule has 3 rings (SSSR count). The van der Waals surface area contributed by atoms with E-state index in [4.69, 9.17) is 0 Å². The summed E-state index contributed by atoms with van der Waals surface area (Å²) in [6.07, 6.45) is 3.01. The van der Waals surface area contributed by atoms with E-state index in [1.165, 1.54) is 24.4 Å². The third-order valence-electron chi connectivity index (χ3n) is 3.19. The van der Waals surface area contributed by atoms with Crippen molar-refractivity contribution in [1.29, 1.82) is 0 Å². The zero-order valence-electron chi connectivity index (χ0n) is 12.4. The quantitative estimate of drug-likeness (QED) is 0.662. The summed E-state index contributed by atoms with van der Waals surface area (Å²) in [7, 11) is -3.70. The number of rotatable bonds is 5. The lowest BCUT2D eigenvalue weighted by Gasteiger charge is -2.09. The molecule has 2 aromatic carbocycles. The molecule has 3 N–H and O–H groups in total. The molecule has 24 heavy (non-hydrogen) atoms. The number of aromatic amines is 1. The van der Waals surface area contributed by atoms with Crippen LogP contribution in [0.4, 0.5) is 11.4 Å². The molecule has 0 unspecified atom stereocenters. The van der Waals surface area contributed by atoms with E-state index in [1.807, 2.05) is 0 Å². The Balaban J connectivity index is 1.79. The Morgan fingerprint density at radius 1 is 1.00 bits per heavy atom. The zero-order chi connectivity index (χ0) is 17.0. The van der Waals surface area contributed by atoms with E-state index in [1.54, 1.807) is 42.6 Å². The van der Waals surface area contributed by atoms with Crippen molar-refractivity contribution in [2.45, 2.75) is 4.90 Å². The molecule has 0 aliphatic heterocycles. The first kappa shape index (κ1) is 15.8. The molecule has 0 radical (unpaired) electrons. The minimum absolute atomic E-state index is 0.151. The highest BCUT2D eigenvalue weighted by atomic mass is 32.2. The number of sulfonamides is 1. The number of nitrogens with zero attached hydrogens (tertiary/aromatic N) is 1. The maximum absolute atomic E-state index is 12.3. The molecule has 3 aromatic rings. The number of hydrogen-bond donors (Lipinski definition) is 3. The van der Waals surface area contributed by atoms with Gasteiger partial charge in [-0.1, -0.05) is 24.3 Å². The number of carbonyl (C=O) groups is 1. The molecule has 0 saturated heterocycles. The van der Waals surface area contributed by atoms with Crippen LogP contribution in [0.1, 0.15) is 10.4 Å². The third kappa shape index (κ3) is 3.61. The fourth-order valence-electron chi connectivity index (χ4n) is 2.06. The predicted molar refractivity (Wildman–Crippen MR) is 90.2 cm³/mol. The third-order valence-corrected chi connectivity index (χ3v) is 4.58. The summed E-state index contributed by atoms with van der Waals surface area (Å²) in [6, 6.07) is 14.3. The number of carbonyl (C=O) groups excluding carboxylic acids is 1. The fraction of sp³-hybridized carbons (Fsp3) is 0. The van der Waals surface area contributed by atoms with E-state index in [-0.39, 0.29) is 10.8 Å². The van der Waals surface area contributed by atoms with Crippen molar-refractivity contribution >= 4 is 27.3 Å². The fourth-order valence-corrected chi connectivity index (χ4v) is 3.13. The highest BCUT2D eigenvalue weighted by Gasteiger charge is 2.14.